The summed E-state index contributed by atoms with van der Waals surface area (Å²) in [6.07, 6.45) is 2.78. The molecule has 1 rings (SSSR count). The largest absolute Gasteiger partial charge is 0.480 e. The predicted octanol–water partition coefficient (Wildman–Crippen LogP) is 3.62. The summed E-state index contributed by atoms with van der Waals surface area (Å²) in [4.78, 5) is 23.0. The van der Waals surface area contributed by atoms with Crippen LogP contribution in [-0.2, 0) is 9.59 Å². The minimum Gasteiger partial charge on any atom is -0.480 e. The van der Waals surface area contributed by atoms with E-state index in [9.17, 15) is 9.59 Å². The molecule has 0 bridgehead atoms. The van der Waals surface area contributed by atoms with Crippen molar-refractivity contribution in [2.45, 2.75) is 26.8 Å². The number of hydrogen-bond acceptors (Lipinski definition) is 2. The molecule has 0 aliphatic rings. The molecule has 4 nitrogen and oxygen atoms in total. The summed E-state index contributed by atoms with van der Waals surface area (Å²) >= 11 is 11.7. The third-order valence-electron chi connectivity index (χ3n) is 2.71. The van der Waals surface area contributed by atoms with Crippen LogP contribution in [0, 0.1) is 5.41 Å². The second kappa shape index (κ2) is 6.96. The highest BCUT2D eigenvalue weighted by Crippen LogP contribution is 2.21. The van der Waals surface area contributed by atoms with E-state index in [0.717, 1.165) is 0 Å². The topological polar surface area (TPSA) is 66.4 Å². The van der Waals surface area contributed by atoms with Gasteiger partial charge in [0.1, 0.15) is 6.04 Å². The van der Waals surface area contributed by atoms with Crippen molar-refractivity contribution >= 4 is 41.2 Å². The van der Waals surface area contributed by atoms with Crippen LogP contribution in [0.4, 0.5) is 0 Å². The van der Waals surface area contributed by atoms with E-state index in [4.69, 9.17) is 28.3 Å². The van der Waals surface area contributed by atoms with Gasteiger partial charge in [-0.05, 0) is 35.3 Å². The van der Waals surface area contributed by atoms with Crippen molar-refractivity contribution in [2.75, 3.05) is 0 Å². The number of carboxylic acid groups (broad SMARTS) is 1. The van der Waals surface area contributed by atoms with Gasteiger partial charge in [-0.25, -0.2) is 4.79 Å². The molecule has 0 aliphatic heterocycles. The highest BCUT2D eigenvalue weighted by atomic mass is 35.5. The third kappa shape index (κ3) is 5.78. The molecule has 1 amide bonds. The Bertz CT molecular complexity index is 557. The van der Waals surface area contributed by atoms with Crippen molar-refractivity contribution in [1.82, 2.24) is 5.32 Å². The smallest absolute Gasteiger partial charge is 0.326 e. The van der Waals surface area contributed by atoms with Gasteiger partial charge >= 0.3 is 5.97 Å². The Morgan fingerprint density at radius 3 is 2.14 bits per heavy atom. The molecule has 0 radical (unpaired) electrons. The molecule has 1 aromatic carbocycles. The maximum absolute atomic E-state index is 11.8. The number of carboxylic acids is 1. The summed E-state index contributed by atoms with van der Waals surface area (Å²) in [5, 5.41) is 12.5. The van der Waals surface area contributed by atoms with Crippen molar-refractivity contribution < 1.29 is 14.7 Å². The molecule has 0 fully saturated rings. The molecule has 0 saturated heterocycles. The molecule has 1 aromatic rings. The predicted molar refractivity (Wildman–Crippen MR) is 84.5 cm³/mol. The van der Waals surface area contributed by atoms with Crippen molar-refractivity contribution in [1.29, 1.82) is 0 Å². The van der Waals surface area contributed by atoms with Gasteiger partial charge in [0.25, 0.3) is 0 Å². The molecule has 0 spiro atoms. The Labute approximate surface area is 133 Å². The van der Waals surface area contributed by atoms with E-state index < -0.39 is 23.3 Å². The zero-order chi connectivity index (χ0) is 16.2. The van der Waals surface area contributed by atoms with Crippen LogP contribution in [0.15, 0.2) is 24.3 Å². The van der Waals surface area contributed by atoms with Gasteiger partial charge < -0.3 is 10.4 Å². The van der Waals surface area contributed by atoms with Crippen LogP contribution >= 0.6 is 23.2 Å². The number of aliphatic carboxylic acids is 1. The molecule has 21 heavy (non-hydrogen) atoms. The van der Waals surface area contributed by atoms with Crippen LogP contribution in [0.1, 0.15) is 26.3 Å². The quantitative estimate of drug-likeness (QED) is 0.829. The number of halogens is 2. The van der Waals surface area contributed by atoms with Crippen molar-refractivity contribution in [2.24, 2.45) is 5.41 Å². The standard InChI is InChI=1S/C15H17Cl2NO3/c1-15(2,3)13(14(20)21)18-12(19)5-4-9-6-10(16)8-11(17)7-9/h4-8,13H,1-3H3,(H,18,19)(H,20,21)/b5-4+/t13-/m0/s1. The van der Waals surface area contributed by atoms with Crippen LogP contribution in [0.25, 0.3) is 6.08 Å². The lowest BCUT2D eigenvalue weighted by atomic mass is 9.87. The average Bonchev–Trinajstić information content (AvgIpc) is 2.30. The number of rotatable bonds is 4. The fraction of sp³-hybridized carbons (Fsp3) is 0.333. The first-order valence-corrected chi connectivity index (χ1v) is 7.02. The molecule has 2 N–H and O–H groups in total. The molecule has 6 heteroatoms. The molecule has 0 heterocycles. The molecule has 0 unspecified atom stereocenters. The molecule has 1 atom stereocenters. The number of nitrogens with one attached hydrogen (secondary N) is 1. The van der Waals surface area contributed by atoms with E-state index in [1.807, 2.05) is 0 Å². The minimum absolute atomic E-state index is 0.459. The summed E-state index contributed by atoms with van der Waals surface area (Å²) < 4.78 is 0. The van der Waals surface area contributed by atoms with Crippen molar-refractivity contribution in [3.05, 3.63) is 39.9 Å². The van der Waals surface area contributed by atoms with E-state index >= 15 is 0 Å². The maximum atomic E-state index is 11.8. The van der Waals surface area contributed by atoms with E-state index in [2.05, 4.69) is 5.32 Å². The first kappa shape index (κ1) is 17.5. The van der Waals surface area contributed by atoms with Gasteiger partial charge in [-0.3, -0.25) is 4.79 Å². The van der Waals surface area contributed by atoms with Crippen LogP contribution in [0.3, 0.4) is 0 Å². The molecule has 0 aromatic heterocycles. The molecule has 0 aliphatic carbocycles. The van der Waals surface area contributed by atoms with Crippen molar-refractivity contribution in [3.8, 4) is 0 Å². The van der Waals surface area contributed by atoms with E-state index in [1.165, 1.54) is 12.2 Å². The second-order valence-electron chi connectivity index (χ2n) is 5.68. The van der Waals surface area contributed by atoms with Gasteiger partial charge in [0, 0.05) is 16.1 Å². The van der Waals surface area contributed by atoms with Crippen LogP contribution in [0.5, 0.6) is 0 Å². The highest BCUT2D eigenvalue weighted by Gasteiger charge is 2.31. The lowest BCUT2D eigenvalue weighted by Crippen LogP contribution is -2.48. The van der Waals surface area contributed by atoms with Crippen LogP contribution < -0.4 is 5.32 Å². The van der Waals surface area contributed by atoms with Gasteiger partial charge in [0.15, 0.2) is 0 Å². The third-order valence-corrected chi connectivity index (χ3v) is 3.15. The Hall–Kier alpha value is -1.52. The minimum atomic E-state index is -1.07. The van der Waals surface area contributed by atoms with Crippen LogP contribution in [0.2, 0.25) is 10.0 Å². The summed E-state index contributed by atoms with van der Waals surface area (Å²) in [7, 11) is 0. The molecule has 0 saturated carbocycles. The summed E-state index contributed by atoms with van der Waals surface area (Å²) in [5.74, 6) is -1.57. The maximum Gasteiger partial charge on any atom is 0.326 e. The lowest BCUT2D eigenvalue weighted by molar-refractivity contribution is -0.144. The lowest BCUT2D eigenvalue weighted by Gasteiger charge is -2.27. The fourth-order valence-electron chi connectivity index (χ4n) is 1.68. The first-order valence-electron chi connectivity index (χ1n) is 6.27. The van der Waals surface area contributed by atoms with Gasteiger partial charge in [-0.15, -0.1) is 0 Å². The van der Waals surface area contributed by atoms with E-state index in [1.54, 1.807) is 39.0 Å². The van der Waals surface area contributed by atoms with Gasteiger partial charge in [-0.1, -0.05) is 44.0 Å². The van der Waals surface area contributed by atoms with E-state index in [0.29, 0.717) is 15.6 Å². The average molecular weight is 330 g/mol. The SMILES string of the molecule is CC(C)(C)[C@@H](NC(=O)/C=C/c1cc(Cl)cc(Cl)c1)C(=O)O. The highest BCUT2D eigenvalue weighted by molar-refractivity contribution is 6.34. The van der Waals surface area contributed by atoms with Gasteiger partial charge in [0.2, 0.25) is 5.91 Å². The number of carbonyl (C=O) groups is 2. The zero-order valence-corrected chi connectivity index (χ0v) is 13.5. The molecular formula is C15H17Cl2NO3. The number of hydrogen-bond donors (Lipinski definition) is 2. The summed E-state index contributed by atoms with van der Waals surface area (Å²) in [6, 6.07) is 3.91. The molecule has 114 valence electrons. The first-order chi connectivity index (χ1) is 9.59. The Kier molecular flexibility index (Phi) is 5.81. The molecular weight excluding hydrogens is 313 g/mol. The zero-order valence-electron chi connectivity index (χ0n) is 12.0. The summed E-state index contributed by atoms with van der Waals surface area (Å²) in [5.41, 5.74) is 0.0691. The second-order valence-corrected chi connectivity index (χ2v) is 6.55. The number of benzene rings is 1. The normalized spacial score (nSPS) is 13.2. The van der Waals surface area contributed by atoms with Gasteiger partial charge in [0.05, 0.1) is 0 Å². The Balaban J connectivity index is 2.81. The van der Waals surface area contributed by atoms with Gasteiger partial charge in [-0.2, -0.15) is 0 Å². The fourth-order valence-corrected chi connectivity index (χ4v) is 2.23. The van der Waals surface area contributed by atoms with E-state index in [-0.39, 0.29) is 0 Å². The summed E-state index contributed by atoms with van der Waals surface area (Å²) in [6.45, 7) is 5.23. The monoisotopic (exact) mass is 329 g/mol. The Morgan fingerprint density at radius 1 is 1.19 bits per heavy atom. The number of carbonyl (C=O) groups excluding carboxylic acids is 1. The number of amides is 1. The Morgan fingerprint density at radius 2 is 1.71 bits per heavy atom. The van der Waals surface area contributed by atoms with Crippen molar-refractivity contribution in [3.63, 3.8) is 0 Å². The van der Waals surface area contributed by atoms with Crippen LogP contribution in [-0.4, -0.2) is 23.0 Å².